The summed E-state index contributed by atoms with van der Waals surface area (Å²) in [5.74, 6) is -0.131. The molecule has 4 nitrogen and oxygen atoms in total. The number of nitrogens with zero attached hydrogens (tertiary/aromatic N) is 1. The van der Waals surface area contributed by atoms with Gasteiger partial charge in [0.05, 0.1) is 5.54 Å². The second kappa shape index (κ2) is 4.38. The van der Waals surface area contributed by atoms with Gasteiger partial charge in [-0.1, -0.05) is 18.7 Å². The zero-order chi connectivity index (χ0) is 13.5. The first-order chi connectivity index (χ1) is 8.36. The van der Waals surface area contributed by atoms with E-state index in [-0.39, 0.29) is 11.9 Å². The Morgan fingerprint density at radius 3 is 2.78 bits per heavy atom. The van der Waals surface area contributed by atoms with Crippen LogP contribution in [0.3, 0.4) is 0 Å². The molecular weight excluding hydrogens is 341 g/mol. The molecule has 1 aliphatic heterocycles. The van der Waals surface area contributed by atoms with Crippen molar-refractivity contribution < 1.29 is 4.79 Å². The lowest BCUT2D eigenvalue weighted by atomic mass is 9.83. The molecule has 0 bridgehead atoms. The predicted octanol–water partition coefficient (Wildman–Crippen LogP) is 2.06. The number of amides is 1. The van der Waals surface area contributed by atoms with Gasteiger partial charge in [0.2, 0.25) is 0 Å². The van der Waals surface area contributed by atoms with Gasteiger partial charge in [-0.2, -0.15) is 0 Å². The van der Waals surface area contributed by atoms with Crippen molar-refractivity contribution in [1.82, 2.24) is 10.2 Å². The number of rotatable bonds is 1. The van der Waals surface area contributed by atoms with Crippen LogP contribution in [0.2, 0.25) is 0 Å². The lowest BCUT2D eigenvalue weighted by Gasteiger charge is -2.41. The van der Waals surface area contributed by atoms with Crippen molar-refractivity contribution in [1.29, 1.82) is 5.41 Å². The number of halogens is 1. The minimum Gasteiger partial charge on any atom is -0.343 e. The molecule has 0 radical (unpaired) electrons. The van der Waals surface area contributed by atoms with Gasteiger partial charge in [0, 0.05) is 16.2 Å². The highest BCUT2D eigenvalue weighted by molar-refractivity contribution is 14.1. The van der Waals surface area contributed by atoms with Crippen molar-refractivity contribution in [3.8, 4) is 0 Å². The Kier molecular flexibility index (Phi) is 3.18. The molecule has 1 saturated heterocycles. The Balaban J connectivity index is 2.51. The average molecular weight is 355 g/mol. The van der Waals surface area contributed by atoms with E-state index < -0.39 is 5.54 Å². The fourth-order valence-electron chi connectivity index (χ4n) is 1.96. The second-order valence-electron chi connectivity index (χ2n) is 4.45. The van der Waals surface area contributed by atoms with Crippen molar-refractivity contribution >= 4 is 34.5 Å². The lowest BCUT2D eigenvalue weighted by molar-refractivity contribution is -0.124. The fraction of sp³-hybridized carbons (Fsp3) is 0.231. The van der Waals surface area contributed by atoms with Crippen LogP contribution in [0.25, 0.3) is 0 Å². The molecule has 0 aromatic heterocycles. The maximum Gasteiger partial charge on any atom is 0.258 e. The van der Waals surface area contributed by atoms with Crippen LogP contribution >= 0.6 is 22.6 Å². The van der Waals surface area contributed by atoms with E-state index in [1.807, 2.05) is 31.2 Å². The zero-order valence-corrected chi connectivity index (χ0v) is 12.4. The Bertz CT molecular complexity index is 555. The van der Waals surface area contributed by atoms with E-state index >= 15 is 0 Å². The summed E-state index contributed by atoms with van der Waals surface area (Å²) in [6.45, 7) is 5.76. The lowest BCUT2D eigenvalue weighted by Crippen LogP contribution is -2.59. The normalized spacial score (nSPS) is 24.2. The van der Waals surface area contributed by atoms with Gasteiger partial charge in [-0.3, -0.25) is 15.1 Å². The van der Waals surface area contributed by atoms with Crippen molar-refractivity contribution in [2.45, 2.75) is 12.5 Å². The predicted molar refractivity (Wildman–Crippen MR) is 79.3 cm³/mol. The average Bonchev–Trinajstić information content (AvgIpc) is 2.34. The number of hydrogen-bond acceptors (Lipinski definition) is 2. The van der Waals surface area contributed by atoms with Crippen LogP contribution < -0.4 is 5.32 Å². The summed E-state index contributed by atoms with van der Waals surface area (Å²) in [6, 6.07) is 7.85. The van der Waals surface area contributed by atoms with Gasteiger partial charge >= 0.3 is 0 Å². The van der Waals surface area contributed by atoms with Gasteiger partial charge in [0.25, 0.3) is 5.91 Å². The molecule has 0 spiro atoms. The number of guanidine groups is 1. The Morgan fingerprint density at radius 2 is 2.17 bits per heavy atom. The molecule has 18 heavy (non-hydrogen) atoms. The molecule has 2 rings (SSSR count). The van der Waals surface area contributed by atoms with E-state index in [4.69, 9.17) is 5.41 Å². The van der Waals surface area contributed by atoms with E-state index in [2.05, 4.69) is 34.5 Å². The van der Waals surface area contributed by atoms with Gasteiger partial charge in [-0.15, -0.1) is 0 Å². The van der Waals surface area contributed by atoms with Crippen LogP contribution in [0.5, 0.6) is 0 Å². The standard InChI is InChI=1S/C13H14IN3O/c1-8-11(18)17(3)12(15)16-13(8,2)9-5-4-6-10(14)7-9/h4-7H,1H2,2-3H3,(H2,15,16)/t13-/m0/s1. The third kappa shape index (κ3) is 1.92. The molecule has 94 valence electrons. The molecule has 2 N–H and O–H groups in total. The number of benzene rings is 1. The van der Waals surface area contributed by atoms with E-state index in [9.17, 15) is 4.79 Å². The summed E-state index contributed by atoms with van der Waals surface area (Å²) in [7, 11) is 1.57. The number of carbonyl (C=O) groups excluding carboxylic acids is 1. The highest BCUT2D eigenvalue weighted by atomic mass is 127. The summed E-state index contributed by atoms with van der Waals surface area (Å²) in [5, 5.41) is 10.9. The molecule has 0 aliphatic carbocycles. The molecule has 1 aromatic carbocycles. The zero-order valence-electron chi connectivity index (χ0n) is 10.2. The van der Waals surface area contributed by atoms with Gasteiger partial charge in [0.15, 0.2) is 5.96 Å². The number of likely N-dealkylation sites (N-methyl/N-ethyl adjacent to an activating group) is 1. The third-order valence-corrected chi connectivity index (χ3v) is 3.94. The Labute approximate surface area is 120 Å². The van der Waals surface area contributed by atoms with Crippen molar-refractivity contribution in [2.75, 3.05) is 7.05 Å². The molecule has 1 aromatic rings. The first-order valence-electron chi connectivity index (χ1n) is 5.46. The van der Waals surface area contributed by atoms with Crippen LogP contribution in [0, 0.1) is 8.98 Å². The van der Waals surface area contributed by atoms with Gasteiger partial charge in [0.1, 0.15) is 0 Å². The van der Waals surface area contributed by atoms with Gasteiger partial charge in [-0.25, -0.2) is 0 Å². The van der Waals surface area contributed by atoms with Crippen LogP contribution in [0.15, 0.2) is 36.4 Å². The topological polar surface area (TPSA) is 56.2 Å². The highest BCUT2D eigenvalue weighted by Crippen LogP contribution is 2.32. The minimum absolute atomic E-state index is 0.0914. The summed E-state index contributed by atoms with van der Waals surface area (Å²) in [6.07, 6.45) is 0. The van der Waals surface area contributed by atoms with Crippen LogP contribution in [-0.4, -0.2) is 23.8 Å². The van der Waals surface area contributed by atoms with Gasteiger partial charge in [-0.05, 0) is 47.2 Å². The molecular formula is C13H14IN3O. The minimum atomic E-state index is -0.720. The van der Waals surface area contributed by atoms with E-state index in [0.717, 1.165) is 9.13 Å². The summed E-state index contributed by atoms with van der Waals surface area (Å²) in [4.78, 5) is 13.3. The number of carbonyl (C=O) groups is 1. The molecule has 1 atom stereocenters. The first kappa shape index (κ1) is 13.1. The fourth-order valence-corrected chi connectivity index (χ4v) is 2.50. The Hall–Kier alpha value is -1.37. The van der Waals surface area contributed by atoms with E-state index in [1.54, 1.807) is 7.05 Å². The SMILES string of the molecule is C=C1C(=O)N(C)C(=N)N[C@]1(C)c1cccc(I)c1. The molecule has 0 saturated carbocycles. The molecule has 1 fully saturated rings. The summed E-state index contributed by atoms with van der Waals surface area (Å²) >= 11 is 2.22. The molecule has 5 heteroatoms. The van der Waals surface area contributed by atoms with Crippen molar-refractivity contribution in [3.63, 3.8) is 0 Å². The monoisotopic (exact) mass is 355 g/mol. The maximum absolute atomic E-state index is 12.1. The number of nitrogens with one attached hydrogen (secondary N) is 2. The number of hydrogen-bond donors (Lipinski definition) is 2. The molecule has 1 heterocycles. The van der Waals surface area contributed by atoms with Crippen molar-refractivity contribution in [2.24, 2.45) is 0 Å². The van der Waals surface area contributed by atoms with Crippen LogP contribution in [0.1, 0.15) is 12.5 Å². The van der Waals surface area contributed by atoms with E-state index in [0.29, 0.717) is 5.57 Å². The maximum atomic E-state index is 12.1. The van der Waals surface area contributed by atoms with Crippen molar-refractivity contribution in [3.05, 3.63) is 45.6 Å². The molecule has 0 unspecified atom stereocenters. The second-order valence-corrected chi connectivity index (χ2v) is 5.70. The Morgan fingerprint density at radius 1 is 1.50 bits per heavy atom. The smallest absolute Gasteiger partial charge is 0.258 e. The first-order valence-corrected chi connectivity index (χ1v) is 6.54. The van der Waals surface area contributed by atoms with Gasteiger partial charge < -0.3 is 5.32 Å². The summed E-state index contributed by atoms with van der Waals surface area (Å²) in [5.41, 5.74) is 0.663. The molecule has 1 amide bonds. The van der Waals surface area contributed by atoms with Crippen LogP contribution in [-0.2, 0) is 10.3 Å². The van der Waals surface area contributed by atoms with Crippen LogP contribution in [0.4, 0.5) is 0 Å². The summed E-state index contributed by atoms with van der Waals surface area (Å²) < 4.78 is 1.08. The molecule has 1 aliphatic rings. The largest absolute Gasteiger partial charge is 0.343 e. The quantitative estimate of drug-likeness (QED) is 0.599. The van der Waals surface area contributed by atoms with E-state index in [1.165, 1.54) is 4.90 Å². The third-order valence-electron chi connectivity index (χ3n) is 3.27. The highest BCUT2D eigenvalue weighted by Gasteiger charge is 2.41.